The number of aliphatic hydroxyl groups excluding tert-OH is 1. The summed E-state index contributed by atoms with van der Waals surface area (Å²) < 4.78 is 21.4. The summed E-state index contributed by atoms with van der Waals surface area (Å²) >= 11 is 11.6. The number of benzene rings is 2. The van der Waals surface area contributed by atoms with Crippen molar-refractivity contribution in [3.63, 3.8) is 0 Å². The van der Waals surface area contributed by atoms with Crippen LogP contribution >= 0.6 is 23.8 Å². The molecule has 2 aromatic carbocycles. The lowest BCUT2D eigenvalue weighted by atomic mass is 10.1. The molecule has 0 aliphatic carbocycles. The van der Waals surface area contributed by atoms with Gasteiger partial charge in [-0.3, -0.25) is 10.1 Å². The van der Waals surface area contributed by atoms with E-state index in [1.165, 1.54) is 33.5 Å². The van der Waals surface area contributed by atoms with Crippen molar-refractivity contribution in [3.05, 3.63) is 58.8 Å². The number of hydrogen-bond acceptors (Lipinski definition) is 7. The molecular formula is C22H21ClN2O6S. The van der Waals surface area contributed by atoms with E-state index in [4.69, 9.17) is 42.4 Å². The smallest absolute Gasteiger partial charge is 0.257 e. The molecule has 0 fully saturated rings. The van der Waals surface area contributed by atoms with Crippen LogP contribution in [0.4, 0.5) is 5.69 Å². The van der Waals surface area contributed by atoms with E-state index in [0.29, 0.717) is 39.5 Å². The Kier molecular flexibility index (Phi) is 7.57. The Balaban J connectivity index is 1.77. The average molecular weight is 477 g/mol. The first kappa shape index (κ1) is 23.4. The van der Waals surface area contributed by atoms with Crippen molar-refractivity contribution in [1.29, 1.82) is 0 Å². The molecule has 0 atom stereocenters. The summed E-state index contributed by atoms with van der Waals surface area (Å²) in [6.07, 6.45) is 0. The number of ether oxygens (including phenoxy) is 3. The summed E-state index contributed by atoms with van der Waals surface area (Å²) in [5.41, 5.74) is 1.45. The summed E-state index contributed by atoms with van der Waals surface area (Å²) in [6.45, 7) is -0.199. The Bertz CT molecular complexity index is 1120. The average Bonchev–Trinajstić information content (AvgIpc) is 3.28. The van der Waals surface area contributed by atoms with Gasteiger partial charge in [0.05, 0.1) is 32.0 Å². The second kappa shape index (κ2) is 10.4. The number of thiocarbonyl (C=S) groups is 1. The molecule has 0 saturated carbocycles. The van der Waals surface area contributed by atoms with Crippen LogP contribution in [0.2, 0.25) is 5.02 Å². The minimum Gasteiger partial charge on any atom is -0.493 e. The Hall–Kier alpha value is -3.27. The topological polar surface area (TPSA) is 102 Å². The fourth-order valence-electron chi connectivity index (χ4n) is 2.93. The molecule has 32 heavy (non-hydrogen) atoms. The van der Waals surface area contributed by atoms with Crippen LogP contribution in [0.1, 0.15) is 16.1 Å². The van der Waals surface area contributed by atoms with Gasteiger partial charge in [0.2, 0.25) is 5.75 Å². The molecule has 0 bridgehead atoms. The van der Waals surface area contributed by atoms with Gasteiger partial charge in [0, 0.05) is 11.1 Å². The van der Waals surface area contributed by atoms with Crippen molar-refractivity contribution in [2.75, 3.05) is 26.6 Å². The van der Waals surface area contributed by atoms with Gasteiger partial charge in [0.25, 0.3) is 5.91 Å². The van der Waals surface area contributed by atoms with E-state index >= 15 is 0 Å². The molecule has 3 aromatic rings. The molecule has 3 rings (SSSR count). The van der Waals surface area contributed by atoms with E-state index in [2.05, 4.69) is 10.6 Å². The van der Waals surface area contributed by atoms with Crippen molar-refractivity contribution >= 4 is 40.5 Å². The van der Waals surface area contributed by atoms with E-state index in [-0.39, 0.29) is 17.3 Å². The van der Waals surface area contributed by atoms with Gasteiger partial charge in [0.1, 0.15) is 18.1 Å². The monoisotopic (exact) mass is 476 g/mol. The summed E-state index contributed by atoms with van der Waals surface area (Å²) in [6, 6.07) is 11.6. The Morgan fingerprint density at radius 2 is 1.75 bits per heavy atom. The van der Waals surface area contributed by atoms with Crippen LogP contribution in [-0.2, 0) is 6.61 Å². The predicted molar refractivity (Wildman–Crippen MR) is 125 cm³/mol. The van der Waals surface area contributed by atoms with Crippen LogP contribution in [-0.4, -0.2) is 37.5 Å². The molecule has 0 radical (unpaired) electrons. The Morgan fingerprint density at radius 1 is 1.06 bits per heavy atom. The van der Waals surface area contributed by atoms with E-state index in [0.717, 1.165) is 5.56 Å². The normalized spacial score (nSPS) is 10.4. The molecule has 10 heteroatoms. The van der Waals surface area contributed by atoms with E-state index < -0.39 is 5.91 Å². The minimum atomic E-state index is -0.479. The number of hydrogen-bond donors (Lipinski definition) is 3. The largest absolute Gasteiger partial charge is 0.493 e. The highest BCUT2D eigenvalue weighted by atomic mass is 35.5. The highest BCUT2D eigenvalue weighted by Gasteiger charge is 2.18. The van der Waals surface area contributed by atoms with Gasteiger partial charge in [-0.25, -0.2) is 0 Å². The number of aliphatic hydroxyl groups is 1. The fourth-order valence-corrected chi connectivity index (χ4v) is 3.30. The number of halogens is 1. The third-order valence-corrected chi connectivity index (χ3v) is 5.00. The zero-order valence-corrected chi connectivity index (χ0v) is 19.1. The molecule has 8 nitrogen and oxygen atoms in total. The van der Waals surface area contributed by atoms with Crippen LogP contribution in [0, 0.1) is 0 Å². The summed E-state index contributed by atoms with van der Waals surface area (Å²) in [4.78, 5) is 12.7. The lowest BCUT2D eigenvalue weighted by Crippen LogP contribution is -2.34. The number of anilines is 1. The lowest BCUT2D eigenvalue weighted by Gasteiger charge is -2.15. The first-order valence-corrected chi connectivity index (χ1v) is 10.1. The molecule has 0 unspecified atom stereocenters. The van der Waals surface area contributed by atoms with Gasteiger partial charge in [-0.1, -0.05) is 11.6 Å². The predicted octanol–water partition coefficient (Wildman–Crippen LogP) is 4.24. The first-order chi connectivity index (χ1) is 15.4. The molecular weight excluding hydrogens is 456 g/mol. The zero-order valence-electron chi connectivity index (χ0n) is 17.5. The Morgan fingerprint density at radius 3 is 2.31 bits per heavy atom. The number of rotatable bonds is 7. The minimum absolute atomic E-state index is 0.0401. The molecule has 0 spiro atoms. The SMILES string of the molecule is COc1cc(C(=O)NC(=S)Nc2cc(-c3ccc(CO)o3)ccc2Cl)cc(OC)c1OC. The second-order valence-electron chi connectivity index (χ2n) is 6.44. The molecule has 3 N–H and O–H groups in total. The van der Waals surface area contributed by atoms with Crippen LogP contribution < -0.4 is 24.8 Å². The lowest BCUT2D eigenvalue weighted by molar-refractivity contribution is 0.0977. The quantitative estimate of drug-likeness (QED) is 0.435. The van der Waals surface area contributed by atoms with Crippen molar-refractivity contribution in [1.82, 2.24) is 5.32 Å². The molecule has 168 valence electrons. The number of nitrogens with one attached hydrogen (secondary N) is 2. The maximum atomic E-state index is 12.7. The maximum Gasteiger partial charge on any atom is 0.257 e. The highest BCUT2D eigenvalue weighted by molar-refractivity contribution is 7.80. The van der Waals surface area contributed by atoms with Gasteiger partial charge in [-0.2, -0.15) is 0 Å². The zero-order chi connectivity index (χ0) is 23.3. The maximum absolute atomic E-state index is 12.7. The molecule has 0 aliphatic heterocycles. The van der Waals surface area contributed by atoms with Gasteiger partial charge in [-0.05, 0) is 54.7 Å². The van der Waals surface area contributed by atoms with Gasteiger partial charge in [-0.15, -0.1) is 0 Å². The number of methoxy groups -OCH3 is 3. The molecule has 1 heterocycles. The Labute approximate surface area is 195 Å². The summed E-state index contributed by atoms with van der Waals surface area (Å²) in [5.74, 6) is 1.57. The summed E-state index contributed by atoms with van der Waals surface area (Å²) in [7, 11) is 4.40. The van der Waals surface area contributed by atoms with Crippen molar-refractivity contribution < 1.29 is 28.5 Å². The first-order valence-electron chi connectivity index (χ1n) is 9.32. The molecule has 0 saturated heterocycles. The van der Waals surface area contributed by atoms with Crippen LogP contribution in [0.5, 0.6) is 17.2 Å². The van der Waals surface area contributed by atoms with Crippen molar-refractivity contribution in [3.8, 4) is 28.6 Å². The van der Waals surface area contributed by atoms with Crippen molar-refractivity contribution in [2.24, 2.45) is 0 Å². The van der Waals surface area contributed by atoms with Crippen LogP contribution in [0.3, 0.4) is 0 Å². The van der Waals surface area contributed by atoms with Gasteiger partial charge in [0.15, 0.2) is 16.6 Å². The van der Waals surface area contributed by atoms with E-state index in [9.17, 15) is 9.90 Å². The fraction of sp³-hybridized carbons (Fsp3) is 0.182. The third-order valence-electron chi connectivity index (χ3n) is 4.47. The van der Waals surface area contributed by atoms with Gasteiger partial charge < -0.3 is 29.1 Å². The molecule has 1 aromatic heterocycles. The third kappa shape index (κ3) is 5.13. The van der Waals surface area contributed by atoms with Gasteiger partial charge >= 0.3 is 0 Å². The van der Waals surface area contributed by atoms with E-state index in [1.54, 1.807) is 30.3 Å². The van der Waals surface area contributed by atoms with E-state index in [1.807, 2.05) is 0 Å². The standard InChI is InChI=1S/C22H21ClN2O6S/c1-28-18-9-13(10-19(29-2)20(18)30-3)21(27)25-22(32)24-16-8-12(4-6-15(16)23)17-7-5-14(11-26)31-17/h4-10,26H,11H2,1-3H3,(H2,24,25,27,32). The number of furan rings is 1. The summed E-state index contributed by atoms with van der Waals surface area (Å²) in [5, 5.41) is 15.1. The number of carbonyl (C=O) groups excluding carboxylic acids is 1. The second-order valence-corrected chi connectivity index (χ2v) is 7.26. The highest BCUT2D eigenvalue weighted by Crippen LogP contribution is 2.38. The number of amides is 1. The molecule has 0 aliphatic rings. The van der Waals surface area contributed by atoms with Crippen LogP contribution in [0.15, 0.2) is 46.9 Å². The van der Waals surface area contributed by atoms with Crippen molar-refractivity contribution in [2.45, 2.75) is 6.61 Å². The number of carbonyl (C=O) groups is 1. The van der Waals surface area contributed by atoms with Crippen LogP contribution in [0.25, 0.3) is 11.3 Å². The molecule has 1 amide bonds.